The van der Waals surface area contributed by atoms with Gasteiger partial charge < -0.3 is 5.32 Å². The Morgan fingerprint density at radius 3 is 2.61 bits per heavy atom. The summed E-state index contributed by atoms with van der Waals surface area (Å²) in [4.78, 5) is 0. The summed E-state index contributed by atoms with van der Waals surface area (Å²) in [5, 5.41) is 3.70. The van der Waals surface area contributed by atoms with E-state index in [1.165, 1.54) is 41.4 Å². The molecule has 1 saturated carbocycles. The minimum Gasteiger partial charge on any atom is -0.314 e. The van der Waals surface area contributed by atoms with E-state index in [9.17, 15) is 0 Å². The third kappa shape index (κ3) is 3.70. The molecule has 3 atom stereocenters. The summed E-state index contributed by atoms with van der Waals surface area (Å²) in [5.41, 5.74) is 1.50. The SMILES string of the molecule is CCCNC1CCC(Cc2ccc(I)cc2)C1C. The van der Waals surface area contributed by atoms with Crippen LogP contribution in [0.2, 0.25) is 0 Å². The minimum atomic E-state index is 0.749. The van der Waals surface area contributed by atoms with Crippen molar-refractivity contribution in [3.8, 4) is 0 Å². The Kier molecular flexibility index (Phi) is 5.49. The molecule has 18 heavy (non-hydrogen) atoms. The van der Waals surface area contributed by atoms with E-state index >= 15 is 0 Å². The number of rotatable bonds is 5. The van der Waals surface area contributed by atoms with Crippen LogP contribution in [-0.2, 0) is 6.42 Å². The summed E-state index contributed by atoms with van der Waals surface area (Å²) in [5.74, 6) is 1.68. The van der Waals surface area contributed by atoms with Crippen LogP contribution < -0.4 is 5.32 Å². The zero-order valence-electron chi connectivity index (χ0n) is 11.5. The Labute approximate surface area is 125 Å². The van der Waals surface area contributed by atoms with E-state index in [4.69, 9.17) is 0 Å². The second-order valence-electron chi connectivity index (χ2n) is 5.59. The van der Waals surface area contributed by atoms with Gasteiger partial charge in [-0.05, 0) is 84.4 Å². The molecular formula is C16H24IN. The highest BCUT2D eigenvalue weighted by Crippen LogP contribution is 2.34. The fourth-order valence-corrected chi connectivity index (χ4v) is 3.44. The van der Waals surface area contributed by atoms with E-state index in [-0.39, 0.29) is 0 Å². The molecule has 1 aromatic rings. The Balaban J connectivity index is 1.89. The van der Waals surface area contributed by atoms with Gasteiger partial charge in [0.15, 0.2) is 0 Å². The van der Waals surface area contributed by atoms with Crippen LogP contribution in [0.4, 0.5) is 0 Å². The Hall–Kier alpha value is -0.0900. The molecule has 2 heteroatoms. The zero-order valence-corrected chi connectivity index (χ0v) is 13.6. The van der Waals surface area contributed by atoms with Crippen molar-refractivity contribution >= 4 is 22.6 Å². The molecule has 0 radical (unpaired) electrons. The van der Waals surface area contributed by atoms with Crippen molar-refractivity contribution in [3.05, 3.63) is 33.4 Å². The third-order valence-electron chi connectivity index (χ3n) is 4.29. The lowest BCUT2D eigenvalue weighted by molar-refractivity contribution is 0.351. The summed E-state index contributed by atoms with van der Waals surface area (Å²) in [6, 6.07) is 9.78. The number of halogens is 1. The summed E-state index contributed by atoms with van der Waals surface area (Å²) in [6.45, 7) is 5.85. The maximum Gasteiger partial charge on any atom is 0.0130 e. The molecule has 2 rings (SSSR count). The molecule has 1 aliphatic rings. The lowest BCUT2D eigenvalue weighted by Gasteiger charge is -2.21. The van der Waals surface area contributed by atoms with Gasteiger partial charge in [-0.2, -0.15) is 0 Å². The van der Waals surface area contributed by atoms with Crippen molar-refractivity contribution in [1.82, 2.24) is 5.32 Å². The molecule has 100 valence electrons. The van der Waals surface area contributed by atoms with Crippen molar-refractivity contribution in [1.29, 1.82) is 0 Å². The van der Waals surface area contributed by atoms with Gasteiger partial charge >= 0.3 is 0 Å². The predicted octanol–water partition coefficient (Wildman–Crippen LogP) is 4.25. The lowest BCUT2D eigenvalue weighted by Crippen LogP contribution is -2.33. The molecular weight excluding hydrogens is 333 g/mol. The van der Waals surface area contributed by atoms with Gasteiger partial charge in [-0.1, -0.05) is 26.0 Å². The molecule has 1 aromatic carbocycles. The van der Waals surface area contributed by atoms with Gasteiger partial charge in [0, 0.05) is 9.61 Å². The molecule has 0 heterocycles. The van der Waals surface area contributed by atoms with Crippen LogP contribution in [0.15, 0.2) is 24.3 Å². The van der Waals surface area contributed by atoms with Crippen LogP contribution in [0.1, 0.15) is 38.7 Å². The fourth-order valence-electron chi connectivity index (χ4n) is 3.08. The van der Waals surface area contributed by atoms with Crippen molar-refractivity contribution in [2.75, 3.05) is 6.54 Å². The molecule has 1 N–H and O–H groups in total. The average Bonchev–Trinajstić information content (AvgIpc) is 2.71. The van der Waals surface area contributed by atoms with Crippen molar-refractivity contribution in [3.63, 3.8) is 0 Å². The minimum absolute atomic E-state index is 0.749. The highest BCUT2D eigenvalue weighted by Gasteiger charge is 2.31. The summed E-state index contributed by atoms with van der Waals surface area (Å²) in [7, 11) is 0. The van der Waals surface area contributed by atoms with Crippen molar-refractivity contribution < 1.29 is 0 Å². The summed E-state index contributed by atoms with van der Waals surface area (Å²) >= 11 is 2.37. The largest absolute Gasteiger partial charge is 0.314 e. The first-order valence-corrected chi connectivity index (χ1v) is 8.26. The second-order valence-corrected chi connectivity index (χ2v) is 6.83. The van der Waals surface area contributed by atoms with Crippen LogP contribution >= 0.6 is 22.6 Å². The van der Waals surface area contributed by atoms with Crippen LogP contribution in [0.5, 0.6) is 0 Å². The monoisotopic (exact) mass is 357 g/mol. The van der Waals surface area contributed by atoms with E-state index in [1.54, 1.807) is 0 Å². The molecule has 0 aliphatic heterocycles. The van der Waals surface area contributed by atoms with Gasteiger partial charge in [0.1, 0.15) is 0 Å². The molecule has 3 unspecified atom stereocenters. The average molecular weight is 357 g/mol. The predicted molar refractivity (Wildman–Crippen MR) is 86.8 cm³/mol. The maximum absolute atomic E-state index is 3.70. The smallest absolute Gasteiger partial charge is 0.0130 e. The van der Waals surface area contributed by atoms with Crippen LogP contribution in [0.25, 0.3) is 0 Å². The maximum atomic E-state index is 3.70. The highest BCUT2D eigenvalue weighted by atomic mass is 127. The van der Waals surface area contributed by atoms with Crippen molar-refractivity contribution in [2.45, 2.75) is 45.6 Å². The first-order chi connectivity index (χ1) is 8.70. The van der Waals surface area contributed by atoms with Gasteiger partial charge in [0.05, 0.1) is 0 Å². The van der Waals surface area contributed by atoms with E-state index in [0.29, 0.717) is 0 Å². The normalized spacial score (nSPS) is 27.6. The third-order valence-corrected chi connectivity index (χ3v) is 5.01. The summed E-state index contributed by atoms with van der Waals surface area (Å²) in [6.07, 6.45) is 5.23. The molecule has 0 spiro atoms. The molecule has 0 aromatic heterocycles. The molecule has 1 aliphatic carbocycles. The van der Waals surface area contributed by atoms with Gasteiger partial charge in [0.2, 0.25) is 0 Å². The number of benzene rings is 1. The van der Waals surface area contributed by atoms with Crippen LogP contribution in [0.3, 0.4) is 0 Å². The van der Waals surface area contributed by atoms with Crippen LogP contribution in [0, 0.1) is 15.4 Å². The van der Waals surface area contributed by atoms with E-state index in [0.717, 1.165) is 17.9 Å². The topological polar surface area (TPSA) is 12.0 Å². The quantitative estimate of drug-likeness (QED) is 0.777. The second kappa shape index (κ2) is 6.90. The number of hydrogen-bond donors (Lipinski definition) is 1. The van der Waals surface area contributed by atoms with Crippen LogP contribution in [-0.4, -0.2) is 12.6 Å². The number of nitrogens with one attached hydrogen (secondary N) is 1. The number of hydrogen-bond acceptors (Lipinski definition) is 1. The first-order valence-electron chi connectivity index (χ1n) is 7.18. The van der Waals surface area contributed by atoms with E-state index in [1.807, 2.05) is 0 Å². The van der Waals surface area contributed by atoms with E-state index in [2.05, 4.69) is 66.0 Å². The van der Waals surface area contributed by atoms with Gasteiger partial charge in [-0.15, -0.1) is 0 Å². The molecule has 1 nitrogen and oxygen atoms in total. The standard InChI is InChI=1S/C16H24IN/c1-3-10-18-16-9-6-14(12(16)2)11-13-4-7-15(17)8-5-13/h4-5,7-8,12,14,16,18H,3,6,9-11H2,1-2H3. The van der Waals surface area contributed by atoms with E-state index < -0.39 is 0 Å². The highest BCUT2D eigenvalue weighted by molar-refractivity contribution is 14.1. The molecule has 1 fully saturated rings. The van der Waals surface area contributed by atoms with Gasteiger partial charge in [-0.3, -0.25) is 0 Å². The zero-order chi connectivity index (χ0) is 13.0. The summed E-state index contributed by atoms with van der Waals surface area (Å²) < 4.78 is 1.33. The van der Waals surface area contributed by atoms with Gasteiger partial charge in [0.25, 0.3) is 0 Å². The molecule has 0 saturated heterocycles. The Morgan fingerprint density at radius 2 is 1.94 bits per heavy atom. The molecule has 0 bridgehead atoms. The molecule has 0 amide bonds. The van der Waals surface area contributed by atoms with Crippen molar-refractivity contribution in [2.24, 2.45) is 11.8 Å². The first kappa shape index (κ1) is 14.3. The Bertz CT molecular complexity index is 360. The Morgan fingerprint density at radius 1 is 1.22 bits per heavy atom. The van der Waals surface area contributed by atoms with Gasteiger partial charge in [-0.25, -0.2) is 0 Å². The lowest BCUT2D eigenvalue weighted by atomic mass is 9.89. The fraction of sp³-hybridized carbons (Fsp3) is 0.625.